The van der Waals surface area contributed by atoms with Crippen molar-refractivity contribution < 1.29 is 0 Å². The van der Waals surface area contributed by atoms with Gasteiger partial charge in [0.15, 0.2) is 0 Å². The van der Waals surface area contributed by atoms with Crippen LogP contribution in [0.25, 0.3) is 0 Å². The van der Waals surface area contributed by atoms with Gasteiger partial charge in [0.25, 0.3) is 0 Å². The van der Waals surface area contributed by atoms with Crippen LogP contribution < -0.4 is 0 Å². The minimum absolute atomic E-state index is 1.13. The molecule has 0 spiro atoms. The molecule has 1 rings (SSSR count). The molecule has 1 radical (unpaired) electrons. The highest BCUT2D eigenvalue weighted by Crippen LogP contribution is 2.45. The monoisotopic (exact) mass is 237 g/mol. The van der Waals surface area contributed by atoms with Crippen molar-refractivity contribution in [2.24, 2.45) is 11.8 Å². The summed E-state index contributed by atoms with van der Waals surface area (Å²) in [6.45, 7) is 6.19. The maximum Gasteiger partial charge on any atom is -0.0383 e. The maximum atomic E-state index is 3.89. The van der Waals surface area contributed by atoms with Crippen molar-refractivity contribution in [3.63, 3.8) is 0 Å². The predicted octanol–water partition coefficient (Wildman–Crippen LogP) is 6.16. The van der Waals surface area contributed by atoms with Crippen molar-refractivity contribution in [2.75, 3.05) is 0 Å². The van der Waals surface area contributed by atoms with E-state index in [1.54, 1.807) is 6.42 Å². The molecule has 17 heavy (non-hydrogen) atoms. The lowest BCUT2D eigenvalue weighted by Gasteiger charge is -2.01. The lowest BCUT2D eigenvalue weighted by Crippen LogP contribution is -1.86. The van der Waals surface area contributed by atoms with E-state index in [1.807, 2.05) is 0 Å². The Hall–Kier alpha value is 0. The minimum Gasteiger partial charge on any atom is -0.0654 e. The van der Waals surface area contributed by atoms with Crippen LogP contribution in [0.5, 0.6) is 0 Å². The van der Waals surface area contributed by atoms with Crippen LogP contribution in [0.4, 0.5) is 0 Å². The minimum atomic E-state index is 1.13. The zero-order valence-corrected chi connectivity index (χ0v) is 12.1. The molecule has 0 amide bonds. The third-order valence-corrected chi connectivity index (χ3v) is 4.32. The first-order chi connectivity index (χ1) is 8.38. The van der Waals surface area contributed by atoms with E-state index in [4.69, 9.17) is 0 Å². The summed E-state index contributed by atoms with van der Waals surface area (Å²) < 4.78 is 0. The SMILES string of the molecule is [CH2]CCCCCCCC1CC1CCCCCC. The van der Waals surface area contributed by atoms with Gasteiger partial charge in [-0.2, -0.15) is 0 Å². The van der Waals surface area contributed by atoms with E-state index in [0.29, 0.717) is 0 Å². The second kappa shape index (κ2) is 9.97. The first kappa shape index (κ1) is 15.1. The van der Waals surface area contributed by atoms with Crippen LogP contribution >= 0.6 is 0 Å². The van der Waals surface area contributed by atoms with Crippen molar-refractivity contribution in [1.82, 2.24) is 0 Å². The zero-order valence-electron chi connectivity index (χ0n) is 12.1. The summed E-state index contributed by atoms with van der Waals surface area (Å²) >= 11 is 0. The van der Waals surface area contributed by atoms with E-state index in [1.165, 1.54) is 70.6 Å². The highest BCUT2D eigenvalue weighted by molar-refractivity contribution is 4.85. The Bertz CT molecular complexity index is 161. The molecule has 0 bridgehead atoms. The molecule has 1 aliphatic carbocycles. The third kappa shape index (κ3) is 7.84. The van der Waals surface area contributed by atoms with Gasteiger partial charge >= 0.3 is 0 Å². The largest absolute Gasteiger partial charge is 0.0654 e. The maximum absolute atomic E-state index is 3.89. The van der Waals surface area contributed by atoms with Crippen molar-refractivity contribution >= 4 is 0 Å². The van der Waals surface area contributed by atoms with E-state index < -0.39 is 0 Å². The first-order valence-corrected chi connectivity index (χ1v) is 8.17. The van der Waals surface area contributed by atoms with Gasteiger partial charge in [-0.3, -0.25) is 0 Å². The number of hydrogen-bond acceptors (Lipinski definition) is 0. The average Bonchev–Trinajstić information content (AvgIpc) is 3.08. The number of unbranched alkanes of at least 4 members (excludes halogenated alkanes) is 8. The summed E-state index contributed by atoms with van der Waals surface area (Å²) in [6, 6.07) is 0. The van der Waals surface area contributed by atoms with Crippen LogP contribution in [0.1, 0.15) is 90.4 Å². The molecule has 0 aromatic rings. The first-order valence-electron chi connectivity index (χ1n) is 8.17. The fourth-order valence-electron chi connectivity index (χ4n) is 2.96. The summed E-state index contributed by atoms with van der Waals surface area (Å²) in [6.07, 6.45) is 18.7. The van der Waals surface area contributed by atoms with E-state index >= 15 is 0 Å². The molecule has 0 heterocycles. The second-order valence-electron chi connectivity index (χ2n) is 6.02. The van der Waals surface area contributed by atoms with Crippen LogP contribution in [-0.2, 0) is 0 Å². The standard InChI is InChI=1S/C17H33/c1-3-5-7-9-10-12-14-17-15-16(17)13-11-8-6-4-2/h16-17H,1,3-15H2,2H3. The topological polar surface area (TPSA) is 0 Å². The fraction of sp³-hybridized carbons (Fsp3) is 0.941. The lowest BCUT2D eigenvalue weighted by molar-refractivity contribution is 0.522. The average molecular weight is 237 g/mol. The molecule has 0 aliphatic heterocycles. The molecular formula is C17H33. The zero-order chi connectivity index (χ0) is 12.3. The molecule has 0 heteroatoms. The fourth-order valence-corrected chi connectivity index (χ4v) is 2.96. The summed E-state index contributed by atoms with van der Waals surface area (Å²) in [7, 11) is 0. The summed E-state index contributed by atoms with van der Waals surface area (Å²) in [5, 5.41) is 0. The molecule has 0 nitrogen and oxygen atoms in total. The summed E-state index contributed by atoms with van der Waals surface area (Å²) in [5.74, 6) is 2.26. The second-order valence-corrected chi connectivity index (χ2v) is 6.02. The van der Waals surface area contributed by atoms with Crippen molar-refractivity contribution in [3.05, 3.63) is 6.92 Å². The molecule has 0 saturated heterocycles. The Morgan fingerprint density at radius 3 is 1.88 bits per heavy atom. The van der Waals surface area contributed by atoms with Crippen LogP contribution in [0.2, 0.25) is 0 Å². The van der Waals surface area contributed by atoms with Gasteiger partial charge in [-0.15, -0.1) is 0 Å². The van der Waals surface area contributed by atoms with Gasteiger partial charge in [0.05, 0.1) is 0 Å². The van der Waals surface area contributed by atoms with Gasteiger partial charge < -0.3 is 0 Å². The molecule has 0 aromatic heterocycles. The number of hydrogen-bond donors (Lipinski definition) is 0. The van der Waals surface area contributed by atoms with Gasteiger partial charge in [-0.1, -0.05) is 90.9 Å². The molecular weight excluding hydrogens is 204 g/mol. The number of rotatable bonds is 12. The van der Waals surface area contributed by atoms with Gasteiger partial charge in [0.2, 0.25) is 0 Å². The van der Waals surface area contributed by atoms with Crippen molar-refractivity contribution in [2.45, 2.75) is 90.4 Å². The van der Waals surface area contributed by atoms with Gasteiger partial charge in [-0.25, -0.2) is 0 Å². The van der Waals surface area contributed by atoms with E-state index in [0.717, 1.165) is 18.3 Å². The summed E-state index contributed by atoms with van der Waals surface area (Å²) in [5.41, 5.74) is 0. The van der Waals surface area contributed by atoms with E-state index in [2.05, 4.69) is 13.8 Å². The van der Waals surface area contributed by atoms with Crippen LogP contribution in [0.3, 0.4) is 0 Å². The summed E-state index contributed by atoms with van der Waals surface area (Å²) in [4.78, 5) is 0. The van der Waals surface area contributed by atoms with Gasteiger partial charge in [0, 0.05) is 0 Å². The van der Waals surface area contributed by atoms with Crippen LogP contribution in [0.15, 0.2) is 0 Å². The quantitative estimate of drug-likeness (QED) is 0.357. The molecule has 2 atom stereocenters. The van der Waals surface area contributed by atoms with Crippen LogP contribution in [0, 0.1) is 18.8 Å². The smallest absolute Gasteiger partial charge is 0.0383 e. The highest BCUT2D eigenvalue weighted by Gasteiger charge is 2.34. The molecule has 2 unspecified atom stereocenters. The highest BCUT2D eigenvalue weighted by atomic mass is 14.4. The van der Waals surface area contributed by atoms with Crippen molar-refractivity contribution in [3.8, 4) is 0 Å². The van der Waals surface area contributed by atoms with E-state index in [9.17, 15) is 0 Å². The van der Waals surface area contributed by atoms with Crippen LogP contribution in [-0.4, -0.2) is 0 Å². The molecule has 1 saturated carbocycles. The Labute approximate surface area is 110 Å². The molecule has 1 aliphatic rings. The Balaban J connectivity index is 1.78. The lowest BCUT2D eigenvalue weighted by atomic mass is 10.0. The Kier molecular flexibility index (Phi) is 8.83. The Morgan fingerprint density at radius 1 is 0.765 bits per heavy atom. The molecule has 1 fully saturated rings. The van der Waals surface area contributed by atoms with Gasteiger partial charge in [0.1, 0.15) is 0 Å². The predicted molar refractivity (Wildman–Crippen MR) is 78.0 cm³/mol. The third-order valence-electron chi connectivity index (χ3n) is 4.32. The Morgan fingerprint density at radius 2 is 1.29 bits per heavy atom. The molecule has 0 aromatic carbocycles. The normalized spacial score (nSPS) is 22.9. The van der Waals surface area contributed by atoms with Crippen molar-refractivity contribution in [1.29, 1.82) is 0 Å². The molecule has 101 valence electrons. The van der Waals surface area contributed by atoms with E-state index in [-0.39, 0.29) is 0 Å². The molecule has 0 N–H and O–H groups in total. The van der Waals surface area contributed by atoms with Gasteiger partial charge in [-0.05, 0) is 18.3 Å².